The number of nitrogens with one attached hydrogen (secondary N) is 1. The Morgan fingerprint density at radius 3 is 2.33 bits per heavy atom. The Hall–Kier alpha value is -2.77. The molecule has 1 amide bonds. The van der Waals surface area contributed by atoms with Crippen LogP contribution in [0.2, 0.25) is 0 Å². The largest absolute Gasteiger partial charge is 0.493 e. The second-order valence-corrected chi connectivity index (χ2v) is 4.84. The number of aromatic nitrogens is 1. The summed E-state index contributed by atoms with van der Waals surface area (Å²) in [6, 6.07) is 3.10. The minimum atomic E-state index is -0.801. The first kappa shape index (κ1) is 17.6. The van der Waals surface area contributed by atoms with Gasteiger partial charge in [-0.1, -0.05) is 0 Å². The van der Waals surface area contributed by atoms with Gasteiger partial charge in [-0.2, -0.15) is 0 Å². The predicted octanol–water partition coefficient (Wildman–Crippen LogP) is 2.10. The molecule has 0 spiro atoms. The first-order chi connectivity index (χ1) is 11.5. The van der Waals surface area contributed by atoms with Gasteiger partial charge in [0.25, 0.3) is 5.56 Å². The summed E-state index contributed by atoms with van der Waals surface area (Å²) in [6.07, 6.45) is 0.635. The Bertz CT molecular complexity index is 803. The van der Waals surface area contributed by atoms with E-state index in [1.165, 1.54) is 31.0 Å². The number of nitrogens with zero attached hydrogens (tertiary/aromatic N) is 1. The predicted molar refractivity (Wildman–Crippen MR) is 87.0 cm³/mol. The Labute approximate surface area is 137 Å². The zero-order chi connectivity index (χ0) is 17.7. The molecule has 0 aliphatic heterocycles. The van der Waals surface area contributed by atoms with Crippen molar-refractivity contribution in [3.63, 3.8) is 0 Å². The molecule has 1 aromatic heterocycles. The van der Waals surface area contributed by atoms with Gasteiger partial charge in [-0.15, -0.1) is 0 Å². The molecule has 24 heavy (non-hydrogen) atoms. The summed E-state index contributed by atoms with van der Waals surface area (Å²) < 4.78 is 29.2. The van der Waals surface area contributed by atoms with Crippen LogP contribution >= 0.6 is 0 Å². The Morgan fingerprint density at radius 1 is 1.17 bits per heavy atom. The van der Waals surface area contributed by atoms with Gasteiger partial charge >= 0.3 is 6.09 Å². The van der Waals surface area contributed by atoms with E-state index in [2.05, 4.69) is 5.32 Å². The number of hydrogen-bond donors (Lipinski definition) is 1. The van der Waals surface area contributed by atoms with E-state index >= 15 is 0 Å². The number of aryl methyl sites for hydroxylation is 1. The van der Waals surface area contributed by atoms with Crippen LogP contribution in [0.5, 0.6) is 17.2 Å². The maximum Gasteiger partial charge on any atom is 0.412 e. The lowest BCUT2D eigenvalue weighted by molar-refractivity contribution is 0.199. The second kappa shape index (κ2) is 7.67. The Morgan fingerprint density at radius 2 is 1.79 bits per heavy atom. The van der Waals surface area contributed by atoms with Crippen LogP contribution in [0.1, 0.15) is 6.92 Å². The van der Waals surface area contributed by atoms with Crippen LogP contribution in [0.3, 0.4) is 0 Å². The van der Waals surface area contributed by atoms with Crippen LogP contribution in [0.15, 0.2) is 23.1 Å². The van der Waals surface area contributed by atoms with Crippen molar-refractivity contribution >= 4 is 16.9 Å². The summed E-state index contributed by atoms with van der Waals surface area (Å²) in [5.41, 5.74) is -0.245. The summed E-state index contributed by atoms with van der Waals surface area (Å²) in [6.45, 7) is 1.34. The molecule has 1 aromatic carbocycles. The Balaban J connectivity index is 2.62. The highest BCUT2D eigenvalue weighted by Gasteiger charge is 2.16. The van der Waals surface area contributed by atoms with Crippen LogP contribution in [0.25, 0.3) is 10.8 Å². The molecule has 0 radical (unpaired) electrons. The summed E-state index contributed by atoms with van der Waals surface area (Å²) >= 11 is 0. The van der Waals surface area contributed by atoms with Gasteiger partial charge in [-0.3, -0.25) is 4.79 Å². The van der Waals surface area contributed by atoms with Crippen molar-refractivity contribution < 1.29 is 23.4 Å². The maximum absolute atomic E-state index is 12.5. The van der Waals surface area contributed by atoms with E-state index in [0.717, 1.165) is 0 Å². The SMILES string of the molecule is CCn1cc(OC(=O)NCCF)c2cc(OC)c(OC)cc2c1=O. The highest BCUT2D eigenvalue weighted by molar-refractivity contribution is 5.92. The summed E-state index contributed by atoms with van der Waals surface area (Å²) in [5, 5.41) is 2.99. The highest BCUT2D eigenvalue weighted by Crippen LogP contribution is 2.34. The monoisotopic (exact) mass is 338 g/mol. The number of fused-ring (bicyclic) bond motifs is 1. The lowest BCUT2D eigenvalue weighted by Crippen LogP contribution is -2.29. The number of methoxy groups -OCH3 is 2. The van der Waals surface area contributed by atoms with Gasteiger partial charge in [-0.05, 0) is 19.1 Å². The number of carbonyl (C=O) groups excluding carboxylic acids is 1. The van der Waals surface area contributed by atoms with Crippen LogP contribution in [0, 0.1) is 0 Å². The first-order valence-electron chi connectivity index (χ1n) is 7.36. The van der Waals surface area contributed by atoms with E-state index in [1.807, 2.05) is 0 Å². The third kappa shape index (κ3) is 3.42. The van der Waals surface area contributed by atoms with Crippen molar-refractivity contribution in [3.8, 4) is 17.2 Å². The molecule has 1 heterocycles. The van der Waals surface area contributed by atoms with Crippen LogP contribution in [-0.4, -0.2) is 38.1 Å². The van der Waals surface area contributed by atoms with Crippen molar-refractivity contribution in [1.82, 2.24) is 9.88 Å². The summed E-state index contributed by atoms with van der Waals surface area (Å²) in [7, 11) is 2.93. The lowest BCUT2D eigenvalue weighted by atomic mass is 10.1. The van der Waals surface area contributed by atoms with Gasteiger partial charge in [0, 0.05) is 18.5 Å². The number of ether oxygens (including phenoxy) is 3. The fourth-order valence-electron chi connectivity index (χ4n) is 2.29. The standard InChI is InChI=1S/C16H19FN2O5/c1-4-19-9-14(24-16(21)18-6-5-17)10-7-12(22-2)13(23-3)8-11(10)15(19)20/h7-9H,4-6H2,1-3H3,(H,18,21). The molecule has 0 fully saturated rings. The quantitative estimate of drug-likeness (QED) is 0.872. The van der Waals surface area contributed by atoms with Gasteiger partial charge in [-0.25, -0.2) is 9.18 Å². The van der Waals surface area contributed by atoms with E-state index in [1.54, 1.807) is 13.0 Å². The van der Waals surface area contributed by atoms with E-state index in [9.17, 15) is 14.0 Å². The number of amides is 1. The van der Waals surface area contributed by atoms with Crippen molar-refractivity contribution in [3.05, 3.63) is 28.7 Å². The molecule has 2 aromatic rings. The minimum absolute atomic E-state index is 0.151. The third-order valence-corrected chi connectivity index (χ3v) is 3.46. The first-order valence-corrected chi connectivity index (χ1v) is 7.36. The summed E-state index contributed by atoms with van der Waals surface area (Å²) in [4.78, 5) is 24.2. The zero-order valence-corrected chi connectivity index (χ0v) is 13.7. The molecule has 7 nitrogen and oxygen atoms in total. The molecule has 0 aliphatic rings. The number of carbonyl (C=O) groups is 1. The van der Waals surface area contributed by atoms with Crippen LogP contribution < -0.4 is 25.1 Å². The fourth-order valence-corrected chi connectivity index (χ4v) is 2.29. The zero-order valence-electron chi connectivity index (χ0n) is 13.7. The summed E-state index contributed by atoms with van der Waals surface area (Å²) in [5.74, 6) is 0.959. The van der Waals surface area contributed by atoms with Crippen molar-refractivity contribution in [2.45, 2.75) is 13.5 Å². The van der Waals surface area contributed by atoms with Gasteiger partial charge in [0.1, 0.15) is 6.67 Å². The van der Waals surface area contributed by atoms with E-state index in [4.69, 9.17) is 14.2 Å². The van der Waals surface area contributed by atoms with Gasteiger partial charge in [0.05, 0.1) is 25.8 Å². The highest BCUT2D eigenvalue weighted by atomic mass is 19.1. The van der Waals surface area contributed by atoms with Crippen molar-refractivity contribution in [2.24, 2.45) is 0 Å². The third-order valence-electron chi connectivity index (χ3n) is 3.46. The van der Waals surface area contributed by atoms with E-state index in [-0.39, 0.29) is 17.9 Å². The number of benzene rings is 1. The van der Waals surface area contributed by atoms with Crippen LogP contribution in [-0.2, 0) is 6.54 Å². The van der Waals surface area contributed by atoms with E-state index in [0.29, 0.717) is 28.8 Å². The molecular formula is C16H19FN2O5. The van der Waals surface area contributed by atoms with Gasteiger partial charge in [0.2, 0.25) is 0 Å². The fraction of sp³-hybridized carbons (Fsp3) is 0.375. The molecule has 130 valence electrons. The average Bonchev–Trinajstić information content (AvgIpc) is 2.61. The minimum Gasteiger partial charge on any atom is -0.493 e. The molecule has 8 heteroatoms. The number of halogens is 1. The number of pyridine rings is 1. The lowest BCUT2D eigenvalue weighted by Gasteiger charge is -2.14. The normalized spacial score (nSPS) is 10.5. The van der Waals surface area contributed by atoms with Gasteiger partial charge in [0.15, 0.2) is 17.2 Å². The maximum atomic E-state index is 12.5. The van der Waals surface area contributed by atoms with Crippen molar-refractivity contribution in [1.29, 1.82) is 0 Å². The Kier molecular flexibility index (Phi) is 5.62. The second-order valence-electron chi connectivity index (χ2n) is 4.84. The van der Waals surface area contributed by atoms with Gasteiger partial charge < -0.3 is 24.1 Å². The number of hydrogen-bond acceptors (Lipinski definition) is 5. The molecule has 0 bridgehead atoms. The molecule has 2 rings (SSSR count). The molecular weight excluding hydrogens is 319 g/mol. The topological polar surface area (TPSA) is 78.8 Å². The number of rotatable bonds is 6. The molecule has 0 saturated heterocycles. The molecule has 0 aliphatic carbocycles. The molecule has 1 N–H and O–H groups in total. The van der Waals surface area contributed by atoms with Crippen molar-refractivity contribution in [2.75, 3.05) is 27.4 Å². The van der Waals surface area contributed by atoms with E-state index < -0.39 is 12.8 Å². The smallest absolute Gasteiger partial charge is 0.412 e. The van der Waals surface area contributed by atoms with Crippen LogP contribution in [0.4, 0.5) is 9.18 Å². The molecule has 0 saturated carbocycles. The number of alkyl halides is 1. The molecule has 0 unspecified atom stereocenters. The average molecular weight is 338 g/mol. The molecule has 0 atom stereocenters.